The third-order valence-electron chi connectivity index (χ3n) is 2.66. The molecule has 0 spiro atoms. The summed E-state index contributed by atoms with van der Waals surface area (Å²) in [5, 5.41) is 2.70. The van der Waals surface area contributed by atoms with Crippen LogP contribution in [0.3, 0.4) is 0 Å². The van der Waals surface area contributed by atoms with E-state index in [1.54, 1.807) is 0 Å². The van der Waals surface area contributed by atoms with E-state index < -0.39 is 29.9 Å². The molecule has 1 unspecified atom stereocenters. The van der Waals surface area contributed by atoms with Crippen molar-refractivity contribution in [2.75, 3.05) is 27.4 Å². The van der Waals surface area contributed by atoms with Gasteiger partial charge in [0.1, 0.15) is 19.3 Å². The second-order valence-electron chi connectivity index (χ2n) is 4.34. The van der Waals surface area contributed by atoms with E-state index in [2.05, 4.69) is 10.1 Å². The number of nitrogens with one attached hydrogen (secondary N) is 1. The molecule has 120 valence electrons. The van der Waals surface area contributed by atoms with Gasteiger partial charge in [-0.1, -0.05) is 0 Å². The number of carbonyl (C=O) groups excluding carboxylic acids is 4. The minimum atomic E-state index is -0.889. The smallest absolute Gasteiger partial charge is 0.312 e. The van der Waals surface area contributed by atoms with Gasteiger partial charge in [-0.25, -0.2) is 0 Å². The summed E-state index contributed by atoms with van der Waals surface area (Å²) in [5.74, 6) is -2.94. The molecule has 0 aliphatic heterocycles. The van der Waals surface area contributed by atoms with Crippen molar-refractivity contribution in [2.24, 2.45) is 5.92 Å². The molecule has 0 amide bonds. The second kappa shape index (κ2) is 9.87. The average Bonchev–Trinajstić information content (AvgIpc) is 2.42. The molecule has 0 aromatic carbocycles. The van der Waals surface area contributed by atoms with Gasteiger partial charge in [-0.3, -0.25) is 19.2 Å². The predicted molar refractivity (Wildman–Crippen MR) is 71.2 cm³/mol. The molecule has 8 heteroatoms. The monoisotopic (exact) mass is 303 g/mol. The molecule has 0 aliphatic carbocycles. The van der Waals surface area contributed by atoms with Crippen LogP contribution in [0.5, 0.6) is 0 Å². The summed E-state index contributed by atoms with van der Waals surface area (Å²) in [6, 6.07) is -0.738. The van der Waals surface area contributed by atoms with E-state index in [9.17, 15) is 19.2 Å². The Hall–Kier alpha value is -1.96. The zero-order chi connectivity index (χ0) is 16.4. The van der Waals surface area contributed by atoms with Gasteiger partial charge in [-0.15, -0.1) is 0 Å². The molecule has 0 saturated heterocycles. The Labute approximate surface area is 123 Å². The lowest BCUT2D eigenvalue weighted by Crippen LogP contribution is -2.41. The van der Waals surface area contributed by atoms with Crippen LogP contribution in [0.4, 0.5) is 0 Å². The summed E-state index contributed by atoms with van der Waals surface area (Å²) in [6.07, 6.45) is -0.188. The molecule has 0 aromatic rings. The molecule has 0 aromatic heterocycles. The molecule has 1 N–H and O–H groups in total. The number of ether oxygens (including phenoxy) is 3. The normalized spacial score (nSPS) is 13.0. The molecule has 0 aliphatic rings. The first kappa shape index (κ1) is 19.0. The first-order valence-corrected chi connectivity index (χ1v) is 6.36. The molecular formula is C13H21NO7. The summed E-state index contributed by atoms with van der Waals surface area (Å²) in [4.78, 5) is 45.2. The highest BCUT2D eigenvalue weighted by atomic mass is 16.5. The van der Waals surface area contributed by atoms with Gasteiger partial charge in [0, 0.05) is 20.3 Å². The number of rotatable bonds is 9. The second-order valence-corrected chi connectivity index (χ2v) is 4.34. The van der Waals surface area contributed by atoms with Crippen molar-refractivity contribution >= 4 is 23.7 Å². The van der Waals surface area contributed by atoms with Crippen LogP contribution in [-0.2, 0) is 33.4 Å². The fourth-order valence-corrected chi connectivity index (χ4v) is 1.52. The van der Waals surface area contributed by atoms with Crippen LogP contribution in [0.2, 0.25) is 0 Å². The average molecular weight is 303 g/mol. The van der Waals surface area contributed by atoms with Crippen LogP contribution in [-0.4, -0.2) is 57.1 Å². The summed E-state index contributed by atoms with van der Waals surface area (Å²) in [5.41, 5.74) is 0. The molecular weight excluding hydrogens is 282 g/mol. The molecule has 0 rings (SSSR count). The van der Waals surface area contributed by atoms with Gasteiger partial charge in [-0.05, 0) is 7.05 Å². The highest BCUT2D eigenvalue weighted by Crippen LogP contribution is 2.10. The van der Waals surface area contributed by atoms with E-state index in [1.165, 1.54) is 28.0 Å². The number of Topliss-reactive ketones (excluding diaryl/α,β-unsaturated/α-hetero) is 1. The molecule has 0 heterocycles. The summed E-state index contributed by atoms with van der Waals surface area (Å²) >= 11 is 0. The van der Waals surface area contributed by atoms with Crippen molar-refractivity contribution in [3.05, 3.63) is 0 Å². The lowest BCUT2D eigenvalue weighted by atomic mass is 9.99. The first-order chi connectivity index (χ1) is 9.81. The van der Waals surface area contributed by atoms with Gasteiger partial charge in [-0.2, -0.15) is 0 Å². The molecule has 2 atom stereocenters. The zero-order valence-corrected chi connectivity index (χ0v) is 12.6. The Morgan fingerprint density at radius 2 is 1.52 bits per heavy atom. The topological polar surface area (TPSA) is 108 Å². The van der Waals surface area contributed by atoms with Crippen molar-refractivity contribution in [3.63, 3.8) is 0 Å². The Kier molecular flexibility index (Phi) is 8.95. The van der Waals surface area contributed by atoms with E-state index >= 15 is 0 Å². The third kappa shape index (κ3) is 8.03. The van der Waals surface area contributed by atoms with Crippen LogP contribution < -0.4 is 5.32 Å². The Balaban J connectivity index is 4.64. The quantitative estimate of drug-likeness (QED) is 0.446. The van der Waals surface area contributed by atoms with E-state index in [-0.39, 0.29) is 25.4 Å². The SMILES string of the molecule is CN[C@@H](COC(C)=O)C(=O)CC(COC(C)=O)C(=O)OC. The Morgan fingerprint density at radius 3 is 1.95 bits per heavy atom. The first-order valence-electron chi connectivity index (χ1n) is 6.36. The largest absolute Gasteiger partial charge is 0.469 e. The maximum atomic E-state index is 12.1. The molecule has 8 nitrogen and oxygen atoms in total. The third-order valence-corrected chi connectivity index (χ3v) is 2.66. The van der Waals surface area contributed by atoms with Crippen LogP contribution in [0.15, 0.2) is 0 Å². The van der Waals surface area contributed by atoms with Gasteiger partial charge >= 0.3 is 17.9 Å². The number of carbonyl (C=O) groups is 4. The Bertz CT molecular complexity index is 394. The lowest BCUT2D eigenvalue weighted by Gasteiger charge is -2.18. The lowest BCUT2D eigenvalue weighted by molar-refractivity contribution is -0.154. The zero-order valence-electron chi connectivity index (χ0n) is 12.6. The predicted octanol–water partition coefficient (Wildman–Crippen LogP) is -0.551. The van der Waals surface area contributed by atoms with Gasteiger partial charge in [0.05, 0.1) is 13.0 Å². The Morgan fingerprint density at radius 1 is 1.00 bits per heavy atom. The van der Waals surface area contributed by atoms with Crippen molar-refractivity contribution in [1.29, 1.82) is 0 Å². The van der Waals surface area contributed by atoms with E-state index in [0.717, 1.165) is 0 Å². The fraction of sp³-hybridized carbons (Fsp3) is 0.692. The van der Waals surface area contributed by atoms with E-state index in [0.29, 0.717) is 0 Å². The highest BCUT2D eigenvalue weighted by molar-refractivity contribution is 5.88. The van der Waals surface area contributed by atoms with Crippen molar-refractivity contribution < 1.29 is 33.4 Å². The molecule has 0 saturated carbocycles. The molecule has 21 heavy (non-hydrogen) atoms. The van der Waals surface area contributed by atoms with Crippen LogP contribution >= 0.6 is 0 Å². The summed E-state index contributed by atoms with van der Waals surface area (Å²) in [7, 11) is 2.72. The number of hydrogen-bond donors (Lipinski definition) is 1. The number of ketones is 1. The van der Waals surface area contributed by atoms with Gasteiger partial charge < -0.3 is 19.5 Å². The maximum Gasteiger partial charge on any atom is 0.312 e. The van der Waals surface area contributed by atoms with Crippen LogP contribution in [0.25, 0.3) is 0 Å². The van der Waals surface area contributed by atoms with Gasteiger partial charge in [0.15, 0.2) is 5.78 Å². The minimum Gasteiger partial charge on any atom is -0.469 e. The van der Waals surface area contributed by atoms with Crippen LogP contribution in [0.1, 0.15) is 20.3 Å². The highest BCUT2D eigenvalue weighted by Gasteiger charge is 2.28. The fourth-order valence-electron chi connectivity index (χ4n) is 1.52. The summed E-state index contributed by atoms with van der Waals surface area (Å²) < 4.78 is 14.1. The number of likely N-dealkylation sites (N-methyl/N-ethyl adjacent to an activating group) is 1. The van der Waals surface area contributed by atoms with Crippen molar-refractivity contribution in [1.82, 2.24) is 5.32 Å². The number of methoxy groups -OCH3 is 1. The van der Waals surface area contributed by atoms with E-state index in [1.807, 2.05) is 0 Å². The maximum absolute atomic E-state index is 12.1. The summed E-state index contributed by atoms with van der Waals surface area (Å²) in [6.45, 7) is 2.06. The standard InChI is InChI=1S/C13H21NO7/c1-8(15)20-6-10(13(18)19-4)5-12(17)11(14-3)7-21-9(2)16/h10-11,14H,5-7H2,1-4H3/t10?,11-/m0/s1. The van der Waals surface area contributed by atoms with Gasteiger partial charge in [0.25, 0.3) is 0 Å². The van der Waals surface area contributed by atoms with Gasteiger partial charge in [0.2, 0.25) is 0 Å². The van der Waals surface area contributed by atoms with Crippen LogP contribution in [0, 0.1) is 5.92 Å². The number of esters is 3. The minimum absolute atomic E-state index is 0.133. The van der Waals surface area contributed by atoms with E-state index in [4.69, 9.17) is 9.47 Å². The molecule has 0 bridgehead atoms. The molecule has 0 fully saturated rings. The van der Waals surface area contributed by atoms with Crippen molar-refractivity contribution in [2.45, 2.75) is 26.3 Å². The number of hydrogen-bond acceptors (Lipinski definition) is 8. The molecule has 0 radical (unpaired) electrons. The van der Waals surface area contributed by atoms with Crippen molar-refractivity contribution in [3.8, 4) is 0 Å².